The van der Waals surface area contributed by atoms with Crippen LogP contribution in [0.1, 0.15) is 25.6 Å². The average molecular weight is 140 g/mol. The van der Waals surface area contributed by atoms with Crippen LogP contribution in [0.25, 0.3) is 0 Å². The highest BCUT2D eigenvalue weighted by Gasteiger charge is 2.02. The lowest BCUT2D eigenvalue weighted by atomic mass is 10.3. The van der Waals surface area contributed by atoms with Crippen LogP contribution in [-0.2, 0) is 6.54 Å². The van der Waals surface area contributed by atoms with Crippen LogP contribution in [0.5, 0.6) is 0 Å². The van der Waals surface area contributed by atoms with Crippen LogP contribution in [-0.4, -0.2) is 14.9 Å². The summed E-state index contributed by atoms with van der Waals surface area (Å²) in [5.74, 6) is 0. The predicted octanol–water partition coefficient (Wildman–Crippen LogP) is 0.956. The molecule has 0 fully saturated rings. The van der Waals surface area contributed by atoms with E-state index in [0.29, 0.717) is 0 Å². The maximum Gasteiger partial charge on any atom is 0.0950 e. The summed E-state index contributed by atoms with van der Waals surface area (Å²) in [5.41, 5.74) is 0.738. The second kappa shape index (κ2) is 2.84. The molecule has 0 aromatic carbocycles. The van der Waals surface area contributed by atoms with E-state index < -0.39 is 6.10 Å². The Bertz CT molecular complexity index is 205. The number of hydrogen-bond donors (Lipinski definition) is 1. The highest BCUT2D eigenvalue weighted by molar-refractivity contribution is 5.01. The van der Waals surface area contributed by atoms with E-state index in [0.717, 1.165) is 12.2 Å². The van der Waals surface area contributed by atoms with Gasteiger partial charge in [-0.1, -0.05) is 0 Å². The molecular weight excluding hydrogens is 128 g/mol. The van der Waals surface area contributed by atoms with E-state index in [2.05, 4.69) is 5.10 Å². The van der Waals surface area contributed by atoms with Gasteiger partial charge in [0, 0.05) is 12.7 Å². The van der Waals surface area contributed by atoms with Crippen molar-refractivity contribution >= 4 is 0 Å². The Morgan fingerprint density at radius 3 is 2.80 bits per heavy atom. The third-order valence-electron chi connectivity index (χ3n) is 1.41. The largest absolute Gasteiger partial charge is 0.387 e. The zero-order valence-electron chi connectivity index (χ0n) is 6.28. The van der Waals surface area contributed by atoms with Crippen molar-refractivity contribution < 1.29 is 5.11 Å². The molecule has 0 aliphatic heterocycles. The molecule has 0 unspecified atom stereocenters. The third kappa shape index (κ3) is 1.36. The zero-order chi connectivity index (χ0) is 7.56. The van der Waals surface area contributed by atoms with Gasteiger partial charge in [0.05, 0.1) is 11.8 Å². The maximum absolute atomic E-state index is 9.06. The van der Waals surface area contributed by atoms with Crippen LogP contribution in [0.4, 0.5) is 0 Å². The molecule has 0 radical (unpaired) electrons. The summed E-state index contributed by atoms with van der Waals surface area (Å²) in [6, 6.07) is 1.83. The molecule has 0 aliphatic carbocycles. The van der Waals surface area contributed by atoms with E-state index in [4.69, 9.17) is 5.11 Å². The van der Waals surface area contributed by atoms with Gasteiger partial charge >= 0.3 is 0 Å². The Hall–Kier alpha value is -0.830. The average Bonchev–Trinajstić information content (AvgIpc) is 2.34. The molecule has 3 nitrogen and oxygen atoms in total. The van der Waals surface area contributed by atoms with Crippen LogP contribution in [0.3, 0.4) is 0 Å². The third-order valence-corrected chi connectivity index (χ3v) is 1.41. The Morgan fingerprint density at radius 1 is 1.80 bits per heavy atom. The van der Waals surface area contributed by atoms with E-state index in [1.807, 2.05) is 19.2 Å². The van der Waals surface area contributed by atoms with Gasteiger partial charge < -0.3 is 5.11 Å². The zero-order valence-corrected chi connectivity index (χ0v) is 6.28. The van der Waals surface area contributed by atoms with Crippen LogP contribution < -0.4 is 0 Å². The monoisotopic (exact) mass is 140 g/mol. The van der Waals surface area contributed by atoms with E-state index >= 15 is 0 Å². The van der Waals surface area contributed by atoms with Gasteiger partial charge in [0.15, 0.2) is 0 Å². The standard InChI is InChI=1S/C7H12N2O/c1-3-9-5-4-7(8-9)6(2)10/h4-6,10H,3H2,1-2H3/t6-/m1/s1. The Labute approximate surface area is 60.3 Å². The molecule has 3 heteroatoms. The first kappa shape index (κ1) is 7.28. The van der Waals surface area contributed by atoms with Gasteiger partial charge in [0.25, 0.3) is 0 Å². The second-order valence-electron chi connectivity index (χ2n) is 2.27. The summed E-state index contributed by atoms with van der Waals surface area (Å²) in [7, 11) is 0. The molecule has 0 spiro atoms. The lowest BCUT2D eigenvalue weighted by molar-refractivity contribution is 0.193. The van der Waals surface area contributed by atoms with Gasteiger partial charge in [-0.3, -0.25) is 4.68 Å². The number of rotatable bonds is 2. The Balaban J connectivity index is 2.78. The molecule has 0 bridgehead atoms. The van der Waals surface area contributed by atoms with Gasteiger partial charge in [0.1, 0.15) is 0 Å². The van der Waals surface area contributed by atoms with E-state index in [-0.39, 0.29) is 0 Å². The van der Waals surface area contributed by atoms with E-state index in [9.17, 15) is 0 Å². The molecular formula is C7H12N2O. The minimum atomic E-state index is -0.451. The molecule has 1 heterocycles. The summed E-state index contributed by atoms with van der Waals surface area (Å²) in [5, 5.41) is 13.2. The summed E-state index contributed by atoms with van der Waals surface area (Å²) < 4.78 is 1.79. The fourth-order valence-electron chi connectivity index (χ4n) is 0.776. The first-order chi connectivity index (χ1) is 4.74. The van der Waals surface area contributed by atoms with Gasteiger partial charge in [-0.15, -0.1) is 0 Å². The van der Waals surface area contributed by atoms with Crippen molar-refractivity contribution in [1.29, 1.82) is 0 Å². The highest BCUT2D eigenvalue weighted by atomic mass is 16.3. The van der Waals surface area contributed by atoms with Crippen LogP contribution >= 0.6 is 0 Å². The van der Waals surface area contributed by atoms with Gasteiger partial charge in [0.2, 0.25) is 0 Å². The molecule has 1 aromatic heterocycles. The van der Waals surface area contributed by atoms with Crippen molar-refractivity contribution in [3.05, 3.63) is 18.0 Å². The minimum absolute atomic E-state index is 0.451. The van der Waals surface area contributed by atoms with E-state index in [1.54, 1.807) is 11.6 Å². The van der Waals surface area contributed by atoms with Gasteiger partial charge in [-0.2, -0.15) is 5.10 Å². The second-order valence-corrected chi connectivity index (χ2v) is 2.27. The molecule has 1 atom stereocenters. The predicted molar refractivity (Wildman–Crippen MR) is 38.5 cm³/mol. The van der Waals surface area contributed by atoms with Crippen molar-refractivity contribution in [2.24, 2.45) is 0 Å². The quantitative estimate of drug-likeness (QED) is 0.664. The molecule has 1 N–H and O–H groups in total. The van der Waals surface area contributed by atoms with Crippen LogP contribution in [0.2, 0.25) is 0 Å². The number of hydrogen-bond acceptors (Lipinski definition) is 2. The number of nitrogens with zero attached hydrogens (tertiary/aromatic N) is 2. The first-order valence-corrected chi connectivity index (χ1v) is 3.45. The van der Waals surface area contributed by atoms with Gasteiger partial charge in [-0.05, 0) is 19.9 Å². The maximum atomic E-state index is 9.06. The lowest BCUT2D eigenvalue weighted by Crippen LogP contribution is -1.97. The van der Waals surface area contributed by atoms with E-state index in [1.165, 1.54) is 0 Å². The highest BCUT2D eigenvalue weighted by Crippen LogP contribution is 2.06. The van der Waals surface area contributed by atoms with Crippen molar-refractivity contribution in [2.45, 2.75) is 26.5 Å². The Morgan fingerprint density at radius 2 is 2.50 bits per heavy atom. The number of aromatic nitrogens is 2. The Kier molecular flexibility index (Phi) is 2.06. The minimum Gasteiger partial charge on any atom is -0.387 e. The molecule has 0 aliphatic rings. The number of aryl methyl sites for hydroxylation is 1. The van der Waals surface area contributed by atoms with Gasteiger partial charge in [-0.25, -0.2) is 0 Å². The summed E-state index contributed by atoms with van der Waals surface area (Å²) in [6.45, 7) is 4.58. The molecule has 56 valence electrons. The molecule has 0 saturated carbocycles. The molecule has 10 heavy (non-hydrogen) atoms. The molecule has 1 aromatic rings. The SMILES string of the molecule is CCn1ccc([C@@H](C)O)n1. The normalized spacial score (nSPS) is 13.5. The smallest absolute Gasteiger partial charge is 0.0950 e. The van der Waals surface area contributed by atoms with Crippen molar-refractivity contribution in [2.75, 3.05) is 0 Å². The molecule has 0 amide bonds. The van der Waals surface area contributed by atoms with Crippen LogP contribution in [0.15, 0.2) is 12.3 Å². The fraction of sp³-hybridized carbons (Fsp3) is 0.571. The fourth-order valence-corrected chi connectivity index (χ4v) is 0.776. The lowest BCUT2D eigenvalue weighted by Gasteiger charge is -1.96. The number of aliphatic hydroxyl groups is 1. The van der Waals surface area contributed by atoms with Crippen LogP contribution in [0, 0.1) is 0 Å². The topological polar surface area (TPSA) is 38.0 Å². The summed E-state index contributed by atoms with van der Waals surface area (Å²) in [6.07, 6.45) is 1.41. The molecule has 0 saturated heterocycles. The van der Waals surface area contributed by atoms with Crippen molar-refractivity contribution in [3.8, 4) is 0 Å². The summed E-state index contributed by atoms with van der Waals surface area (Å²) in [4.78, 5) is 0. The van der Waals surface area contributed by atoms with Crippen molar-refractivity contribution in [1.82, 2.24) is 9.78 Å². The number of aliphatic hydroxyl groups excluding tert-OH is 1. The summed E-state index contributed by atoms with van der Waals surface area (Å²) >= 11 is 0. The van der Waals surface area contributed by atoms with Crippen molar-refractivity contribution in [3.63, 3.8) is 0 Å². The molecule has 1 rings (SSSR count). The first-order valence-electron chi connectivity index (χ1n) is 3.45.